The zero-order chi connectivity index (χ0) is 10.6. The second-order valence-electron chi connectivity index (χ2n) is 3.73. The van der Waals surface area contributed by atoms with Crippen LogP contribution in [0.4, 0.5) is 0 Å². The van der Waals surface area contributed by atoms with Crippen molar-refractivity contribution in [3.8, 4) is 0 Å². The van der Waals surface area contributed by atoms with Crippen LogP contribution in [0.5, 0.6) is 0 Å². The Bertz CT molecular complexity index is 210. The number of primary amides is 1. The van der Waals surface area contributed by atoms with Gasteiger partial charge in [0.05, 0.1) is 0 Å². The van der Waals surface area contributed by atoms with Gasteiger partial charge in [-0.05, 0) is 0 Å². The second-order valence-corrected chi connectivity index (χ2v) is 5.76. The van der Waals surface area contributed by atoms with E-state index < -0.39 is 17.1 Å². The predicted molar refractivity (Wildman–Crippen MR) is 52.6 cm³/mol. The van der Waals surface area contributed by atoms with Crippen LogP contribution in [0.25, 0.3) is 0 Å². The monoisotopic (exact) mass is 205 g/mol. The van der Waals surface area contributed by atoms with Crippen molar-refractivity contribution in [3.05, 3.63) is 0 Å². The van der Waals surface area contributed by atoms with Crippen molar-refractivity contribution in [2.45, 2.75) is 37.2 Å². The molecule has 0 aromatic rings. The summed E-state index contributed by atoms with van der Waals surface area (Å²) in [5.41, 5.74) is 4.93. The molecule has 3 N–H and O–H groups in total. The first-order valence-electron chi connectivity index (χ1n) is 3.91. The van der Waals surface area contributed by atoms with E-state index in [1.165, 1.54) is 11.8 Å². The summed E-state index contributed by atoms with van der Waals surface area (Å²) in [5.74, 6) is -1.57. The lowest BCUT2D eigenvalue weighted by atomic mass is 10.2. The lowest BCUT2D eigenvalue weighted by Gasteiger charge is -2.21. The molecule has 0 bridgehead atoms. The summed E-state index contributed by atoms with van der Waals surface area (Å²) in [6.07, 6.45) is -0.114. The number of thioether (sulfide) groups is 1. The number of hydrogen-bond acceptors (Lipinski definition) is 3. The summed E-state index contributed by atoms with van der Waals surface area (Å²) in [4.78, 5) is 21.2. The Balaban J connectivity index is 4.27. The molecule has 0 spiro atoms. The Morgan fingerprint density at radius 3 is 2.15 bits per heavy atom. The van der Waals surface area contributed by atoms with Gasteiger partial charge in [0.1, 0.15) is 5.25 Å². The van der Waals surface area contributed by atoms with Crippen molar-refractivity contribution >= 4 is 23.6 Å². The molecule has 1 amide bonds. The molecule has 1 atom stereocenters. The number of aliphatic carboxylic acids is 1. The van der Waals surface area contributed by atoms with Crippen LogP contribution in [0.15, 0.2) is 0 Å². The van der Waals surface area contributed by atoms with Gasteiger partial charge in [0.15, 0.2) is 0 Å². The standard InChI is InChI=1S/C8H15NO3S/c1-8(2,3)13-5(7(11)12)4-6(9)10/h5H,4H2,1-3H3,(H2,9,10)(H,11,12)/t5-/m1/s1. The summed E-state index contributed by atoms with van der Waals surface area (Å²) in [6, 6.07) is 0. The second kappa shape index (κ2) is 4.50. The number of carboxylic acids is 1. The fourth-order valence-corrected chi connectivity index (χ4v) is 1.99. The summed E-state index contributed by atoms with van der Waals surface area (Å²) >= 11 is 1.24. The number of carbonyl (C=O) groups excluding carboxylic acids is 1. The molecule has 0 aliphatic rings. The van der Waals surface area contributed by atoms with Crippen LogP contribution in [-0.2, 0) is 9.59 Å². The number of carboxylic acid groups (broad SMARTS) is 1. The lowest BCUT2D eigenvalue weighted by Crippen LogP contribution is -2.28. The number of nitrogens with two attached hydrogens (primary N) is 1. The third-order valence-corrected chi connectivity index (χ3v) is 2.52. The van der Waals surface area contributed by atoms with Crippen LogP contribution in [0.3, 0.4) is 0 Å². The molecule has 0 aromatic carbocycles. The third kappa shape index (κ3) is 6.45. The Labute approximate surface area is 81.9 Å². The van der Waals surface area contributed by atoms with E-state index in [4.69, 9.17) is 10.8 Å². The molecule has 0 unspecified atom stereocenters. The maximum Gasteiger partial charge on any atom is 0.317 e. The minimum atomic E-state index is -0.987. The molecule has 0 heterocycles. The minimum Gasteiger partial charge on any atom is -0.480 e. The zero-order valence-electron chi connectivity index (χ0n) is 8.03. The van der Waals surface area contributed by atoms with Gasteiger partial charge in [-0.25, -0.2) is 0 Å². The highest BCUT2D eigenvalue weighted by Crippen LogP contribution is 2.29. The van der Waals surface area contributed by atoms with Crippen molar-refractivity contribution in [1.29, 1.82) is 0 Å². The van der Waals surface area contributed by atoms with Gasteiger partial charge < -0.3 is 10.8 Å². The van der Waals surface area contributed by atoms with Crippen molar-refractivity contribution in [3.63, 3.8) is 0 Å². The Morgan fingerprint density at radius 2 is 1.92 bits per heavy atom. The Kier molecular flexibility index (Phi) is 4.26. The third-order valence-electron chi connectivity index (χ3n) is 1.16. The van der Waals surface area contributed by atoms with Gasteiger partial charge in [0, 0.05) is 11.2 Å². The Hall–Kier alpha value is -0.710. The first-order valence-corrected chi connectivity index (χ1v) is 4.79. The van der Waals surface area contributed by atoms with Gasteiger partial charge in [-0.15, -0.1) is 11.8 Å². The number of hydrogen-bond donors (Lipinski definition) is 2. The first kappa shape index (κ1) is 12.3. The highest BCUT2D eigenvalue weighted by Gasteiger charge is 2.26. The van der Waals surface area contributed by atoms with Gasteiger partial charge in [0.2, 0.25) is 5.91 Å². The van der Waals surface area contributed by atoms with E-state index in [9.17, 15) is 9.59 Å². The van der Waals surface area contributed by atoms with Gasteiger partial charge in [-0.3, -0.25) is 9.59 Å². The van der Waals surface area contributed by atoms with Gasteiger partial charge in [0.25, 0.3) is 0 Å². The zero-order valence-corrected chi connectivity index (χ0v) is 8.85. The van der Waals surface area contributed by atoms with E-state index in [-0.39, 0.29) is 11.2 Å². The van der Waals surface area contributed by atoms with E-state index in [0.29, 0.717) is 0 Å². The van der Waals surface area contributed by atoms with Crippen LogP contribution in [0.2, 0.25) is 0 Å². The van der Waals surface area contributed by atoms with Crippen molar-refractivity contribution in [2.24, 2.45) is 5.73 Å². The van der Waals surface area contributed by atoms with Crippen LogP contribution in [-0.4, -0.2) is 27.0 Å². The molecule has 0 fully saturated rings. The molecule has 0 aromatic heterocycles. The molecule has 76 valence electrons. The molecule has 5 heteroatoms. The normalized spacial score (nSPS) is 13.8. The quantitative estimate of drug-likeness (QED) is 0.713. The fraction of sp³-hybridized carbons (Fsp3) is 0.750. The summed E-state index contributed by atoms with van der Waals surface area (Å²) in [5, 5.41) is 8.02. The molecule has 0 radical (unpaired) electrons. The SMILES string of the molecule is CC(C)(C)S[C@H](CC(N)=O)C(=O)O. The van der Waals surface area contributed by atoms with Crippen molar-refractivity contribution in [2.75, 3.05) is 0 Å². The molecule has 0 rings (SSSR count). The number of carbonyl (C=O) groups is 2. The van der Waals surface area contributed by atoms with Crippen LogP contribution < -0.4 is 5.73 Å². The summed E-state index contributed by atoms with van der Waals surface area (Å²) < 4.78 is -0.182. The number of amides is 1. The maximum absolute atomic E-state index is 10.7. The van der Waals surface area contributed by atoms with Crippen molar-refractivity contribution in [1.82, 2.24) is 0 Å². The predicted octanol–water partition coefficient (Wildman–Crippen LogP) is 0.847. The van der Waals surface area contributed by atoms with E-state index in [1.807, 2.05) is 20.8 Å². The molecule has 4 nitrogen and oxygen atoms in total. The fourth-order valence-electron chi connectivity index (χ4n) is 0.789. The van der Waals surface area contributed by atoms with Crippen LogP contribution in [0, 0.1) is 0 Å². The average molecular weight is 205 g/mol. The average Bonchev–Trinajstić information content (AvgIpc) is 1.81. The Morgan fingerprint density at radius 1 is 1.46 bits per heavy atom. The largest absolute Gasteiger partial charge is 0.480 e. The lowest BCUT2D eigenvalue weighted by molar-refractivity contribution is -0.137. The molecular formula is C8H15NO3S. The number of rotatable bonds is 4. The molecule has 0 saturated carbocycles. The van der Waals surface area contributed by atoms with Crippen LogP contribution >= 0.6 is 11.8 Å². The molecule has 13 heavy (non-hydrogen) atoms. The molecule has 0 aliphatic heterocycles. The summed E-state index contributed by atoms with van der Waals surface area (Å²) in [6.45, 7) is 5.69. The van der Waals surface area contributed by atoms with Crippen molar-refractivity contribution < 1.29 is 14.7 Å². The highest BCUT2D eigenvalue weighted by atomic mass is 32.2. The van der Waals surface area contributed by atoms with E-state index >= 15 is 0 Å². The smallest absolute Gasteiger partial charge is 0.317 e. The highest BCUT2D eigenvalue weighted by molar-refractivity contribution is 8.01. The van der Waals surface area contributed by atoms with Gasteiger partial charge >= 0.3 is 5.97 Å². The maximum atomic E-state index is 10.7. The minimum absolute atomic E-state index is 0.114. The van der Waals surface area contributed by atoms with E-state index in [2.05, 4.69) is 0 Å². The first-order chi connectivity index (χ1) is 5.72. The summed E-state index contributed by atoms with van der Waals surface area (Å²) in [7, 11) is 0. The molecular weight excluding hydrogens is 190 g/mol. The molecule has 0 saturated heterocycles. The van der Waals surface area contributed by atoms with Gasteiger partial charge in [-0.2, -0.15) is 0 Å². The molecule has 0 aliphatic carbocycles. The van der Waals surface area contributed by atoms with Gasteiger partial charge in [-0.1, -0.05) is 20.8 Å². The van der Waals surface area contributed by atoms with E-state index in [0.717, 1.165) is 0 Å². The van der Waals surface area contributed by atoms with E-state index in [1.54, 1.807) is 0 Å². The topological polar surface area (TPSA) is 80.4 Å². The van der Waals surface area contributed by atoms with Crippen LogP contribution in [0.1, 0.15) is 27.2 Å².